The van der Waals surface area contributed by atoms with Crippen molar-refractivity contribution in [1.29, 1.82) is 0 Å². The highest BCUT2D eigenvalue weighted by molar-refractivity contribution is 5.95. The van der Waals surface area contributed by atoms with Gasteiger partial charge < -0.3 is 10.6 Å². The first-order valence-corrected chi connectivity index (χ1v) is 10.4. The Hall–Kier alpha value is -3.04. The topological polar surface area (TPSA) is 76.2 Å². The van der Waals surface area contributed by atoms with Crippen molar-refractivity contribution in [1.82, 2.24) is 24.5 Å². The lowest BCUT2D eigenvalue weighted by atomic mass is 9.91. The van der Waals surface area contributed by atoms with Crippen molar-refractivity contribution in [3.05, 3.63) is 47.5 Å². The summed E-state index contributed by atoms with van der Waals surface area (Å²) in [6, 6.07) is 5.17. The van der Waals surface area contributed by atoms with Crippen molar-refractivity contribution in [2.75, 3.05) is 5.32 Å². The highest BCUT2D eigenvalue weighted by Crippen LogP contribution is 2.30. The smallest absolute Gasteiger partial charge is 0.368 e. The van der Waals surface area contributed by atoms with Gasteiger partial charge in [-0.15, -0.1) is 0 Å². The molecule has 2 N–H and O–H groups in total. The van der Waals surface area contributed by atoms with E-state index < -0.39 is 11.9 Å². The number of hydrogen-bond acceptors (Lipinski definition) is 4. The Morgan fingerprint density at radius 1 is 1.16 bits per heavy atom. The van der Waals surface area contributed by atoms with Gasteiger partial charge in [0.25, 0.3) is 5.91 Å². The number of imidazole rings is 1. The molecule has 1 aliphatic rings. The standard InChI is InChI=1S/C21H25F3N6O/c1-3-16-15(11-29(2)28-16)20(31)26-14-9-7-13(8-10-14)25-18-5-4-6-19-27-17(12-30(18)19)21(22,23)24/h4-6,11-14,25H,3,7-10H2,1-2H3,(H,26,31)/t13-,14+. The predicted molar refractivity (Wildman–Crippen MR) is 110 cm³/mol. The van der Waals surface area contributed by atoms with Gasteiger partial charge in [-0.2, -0.15) is 18.3 Å². The molecule has 7 nitrogen and oxygen atoms in total. The Labute approximate surface area is 177 Å². The lowest BCUT2D eigenvalue weighted by Gasteiger charge is -2.30. The molecule has 3 heterocycles. The molecular formula is C21H25F3N6O. The molecule has 0 spiro atoms. The molecule has 1 amide bonds. The fourth-order valence-corrected chi connectivity index (χ4v) is 4.10. The highest BCUT2D eigenvalue weighted by atomic mass is 19.4. The maximum Gasteiger partial charge on any atom is 0.434 e. The molecule has 166 valence electrons. The average Bonchev–Trinajstić information content (AvgIpc) is 3.33. The Bertz CT molecular complexity index is 1080. The number of aromatic nitrogens is 4. The average molecular weight is 434 g/mol. The van der Waals surface area contributed by atoms with Crippen LogP contribution in [-0.2, 0) is 19.6 Å². The molecule has 10 heteroatoms. The molecule has 4 rings (SSSR count). The van der Waals surface area contributed by atoms with Crippen molar-refractivity contribution in [3.8, 4) is 0 Å². The summed E-state index contributed by atoms with van der Waals surface area (Å²) < 4.78 is 42.1. The minimum atomic E-state index is -4.48. The van der Waals surface area contributed by atoms with E-state index in [0.29, 0.717) is 17.8 Å². The molecule has 1 aliphatic carbocycles. The Morgan fingerprint density at radius 3 is 2.55 bits per heavy atom. The number of carbonyl (C=O) groups excluding carboxylic acids is 1. The molecule has 0 radical (unpaired) electrons. The predicted octanol–water partition coefficient (Wildman–Crippen LogP) is 3.80. The van der Waals surface area contributed by atoms with Crippen molar-refractivity contribution >= 4 is 17.4 Å². The number of pyridine rings is 1. The fourth-order valence-electron chi connectivity index (χ4n) is 4.10. The normalized spacial score (nSPS) is 19.5. The molecule has 0 saturated heterocycles. The van der Waals surface area contributed by atoms with Crippen LogP contribution in [0.5, 0.6) is 0 Å². The number of anilines is 1. The Kier molecular flexibility index (Phi) is 5.63. The van der Waals surface area contributed by atoms with E-state index >= 15 is 0 Å². The summed E-state index contributed by atoms with van der Waals surface area (Å²) in [5.74, 6) is 0.472. The van der Waals surface area contributed by atoms with Crippen LogP contribution in [0.25, 0.3) is 5.65 Å². The molecule has 0 atom stereocenters. The first-order chi connectivity index (χ1) is 14.7. The summed E-state index contributed by atoms with van der Waals surface area (Å²) in [6.45, 7) is 1.97. The van der Waals surface area contributed by atoms with Gasteiger partial charge in [-0.05, 0) is 44.2 Å². The number of alkyl halides is 3. The van der Waals surface area contributed by atoms with E-state index in [4.69, 9.17) is 0 Å². The van der Waals surface area contributed by atoms with Gasteiger partial charge in [-0.1, -0.05) is 13.0 Å². The van der Waals surface area contributed by atoms with E-state index in [-0.39, 0.29) is 23.6 Å². The van der Waals surface area contributed by atoms with E-state index in [1.54, 1.807) is 36.1 Å². The third kappa shape index (κ3) is 4.52. The van der Waals surface area contributed by atoms with Crippen LogP contribution in [0.15, 0.2) is 30.6 Å². The monoisotopic (exact) mass is 434 g/mol. The molecule has 0 unspecified atom stereocenters. The molecule has 0 aromatic carbocycles. The number of aryl methyl sites for hydroxylation is 2. The lowest BCUT2D eigenvalue weighted by Crippen LogP contribution is -2.40. The van der Waals surface area contributed by atoms with Gasteiger partial charge in [0.2, 0.25) is 0 Å². The molecule has 1 fully saturated rings. The van der Waals surface area contributed by atoms with Crippen LogP contribution in [0, 0.1) is 0 Å². The second-order valence-corrected chi connectivity index (χ2v) is 7.95. The van der Waals surface area contributed by atoms with E-state index in [2.05, 4.69) is 20.7 Å². The Balaban J connectivity index is 1.37. The number of nitrogens with zero attached hydrogens (tertiary/aromatic N) is 4. The third-order valence-electron chi connectivity index (χ3n) is 5.68. The van der Waals surface area contributed by atoms with Gasteiger partial charge in [-0.25, -0.2) is 4.98 Å². The SMILES string of the molecule is CCc1nn(C)cc1C(=O)N[C@H]1CC[C@@H](Nc2cccc3nc(C(F)(F)F)cn23)CC1. The first-order valence-electron chi connectivity index (χ1n) is 10.4. The summed E-state index contributed by atoms with van der Waals surface area (Å²) in [5.41, 5.74) is 0.732. The molecule has 3 aromatic heterocycles. The number of hydrogen-bond donors (Lipinski definition) is 2. The zero-order chi connectivity index (χ0) is 22.2. The number of halogens is 3. The van der Waals surface area contributed by atoms with Gasteiger partial charge in [0.05, 0.1) is 11.3 Å². The minimum absolute atomic E-state index is 0.0660. The maximum atomic E-state index is 13.0. The lowest BCUT2D eigenvalue weighted by molar-refractivity contribution is -0.140. The summed E-state index contributed by atoms with van der Waals surface area (Å²) >= 11 is 0. The number of nitrogens with one attached hydrogen (secondary N) is 2. The van der Waals surface area contributed by atoms with Crippen molar-refractivity contribution in [3.63, 3.8) is 0 Å². The van der Waals surface area contributed by atoms with Crippen LogP contribution in [-0.4, -0.2) is 37.2 Å². The van der Waals surface area contributed by atoms with Crippen LogP contribution >= 0.6 is 0 Å². The fraction of sp³-hybridized carbons (Fsp3) is 0.476. The van der Waals surface area contributed by atoms with Gasteiger partial charge in [0, 0.05) is 31.5 Å². The summed E-state index contributed by atoms with van der Waals surface area (Å²) in [6.07, 6.45) is 2.15. The minimum Gasteiger partial charge on any atom is -0.368 e. The van der Waals surface area contributed by atoms with Crippen LogP contribution in [0.1, 0.15) is 54.4 Å². The van der Waals surface area contributed by atoms with E-state index in [0.717, 1.165) is 37.6 Å². The molecule has 1 saturated carbocycles. The summed E-state index contributed by atoms with van der Waals surface area (Å²) in [7, 11) is 1.80. The van der Waals surface area contributed by atoms with Gasteiger partial charge in [0.1, 0.15) is 11.5 Å². The second-order valence-electron chi connectivity index (χ2n) is 7.95. The maximum absolute atomic E-state index is 13.0. The number of rotatable bonds is 5. The van der Waals surface area contributed by atoms with E-state index in [1.165, 1.54) is 4.40 Å². The van der Waals surface area contributed by atoms with Crippen LogP contribution in [0.4, 0.5) is 19.0 Å². The second kappa shape index (κ2) is 8.24. The van der Waals surface area contributed by atoms with Gasteiger partial charge >= 0.3 is 6.18 Å². The molecular weight excluding hydrogens is 409 g/mol. The van der Waals surface area contributed by atoms with Gasteiger partial charge in [0.15, 0.2) is 5.69 Å². The van der Waals surface area contributed by atoms with Crippen molar-refractivity contribution in [2.45, 2.75) is 57.3 Å². The number of carbonyl (C=O) groups is 1. The quantitative estimate of drug-likeness (QED) is 0.641. The zero-order valence-corrected chi connectivity index (χ0v) is 17.4. The third-order valence-corrected chi connectivity index (χ3v) is 5.68. The molecule has 0 aliphatic heterocycles. The number of fused-ring (bicyclic) bond motifs is 1. The molecule has 0 bridgehead atoms. The summed E-state index contributed by atoms with van der Waals surface area (Å²) in [4.78, 5) is 16.3. The van der Waals surface area contributed by atoms with Crippen molar-refractivity contribution < 1.29 is 18.0 Å². The summed E-state index contributed by atoms with van der Waals surface area (Å²) in [5, 5.41) is 10.8. The number of amides is 1. The Morgan fingerprint density at radius 2 is 1.87 bits per heavy atom. The van der Waals surface area contributed by atoms with Crippen LogP contribution in [0.2, 0.25) is 0 Å². The largest absolute Gasteiger partial charge is 0.434 e. The zero-order valence-electron chi connectivity index (χ0n) is 17.4. The molecule has 31 heavy (non-hydrogen) atoms. The van der Waals surface area contributed by atoms with E-state index in [1.807, 2.05) is 6.92 Å². The van der Waals surface area contributed by atoms with Gasteiger partial charge in [-0.3, -0.25) is 13.9 Å². The highest BCUT2D eigenvalue weighted by Gasteiger charge is 2.34. The molecule has 3 aromatic rings. The first kappa shape index (κ1) is 21.2. The van der Waals surface area contributed by atoms with Crippen LogP contribution < -0.4 is 10.6 Å². The van der Waals surface area contributed by atoms with Crippen molar-refractivity contribution in [2.24, 2.45) is 7.05 Å². The van der Waals surface area contributed by atoms with Crippen LogP contribution in [0.3, 0.4) is 0 Å². The van der Waals surface area contributed by atoms with E-state index in [9.17, 15) is 18.0 Å².